The highest BCUT2D eigenvalue weighted by atomic mass is 32.2. The molecule has 3 rings (SSSR count). The third-order valence-electron chi connectivity index (χ3n) is 3.64. The maximum absolute atomic E-state index is 12.1. The molecule has 1 aromatic rings. The molecule has 104 valence electrons. The van der Waals surface area contributed by atoms with Crippen LogP contribution in [0.1, 0.15) is 12.8 Å². The molecule has 1 aliphatic heterocycles. The van der Waals surface area contributed by atoms with Crippen LogP contribution in [-0.2, 0) is 10.0 Å². The van der Waals surface area contributed by atoms with Gasteiger partial charge in [0.1, 0.15) is 5.82 Å². The Balaban J connectivity index is 1.64. The van der Waals surface area contributed by atoms with Crippen molar-refractivity contribution in [2.75, 3.05) is 36.8 Å². The van der Waals surface area contributed by atoms with E-state index in [2.05, 4.69) is 9.88 Å². The second kappa shape index (κ2) is 4.64. The summed E-state index contributed by atoms with van der Waals surface area (Å²) in [5.74, 6) is 0.859. The lowest BCUT2D eigenvalue weighted by atomic mass is 10.3. The molecule has 2 heterocycles. The van der Waals surface area contributed by atoms with Gasteiger partial charge in [-0.1, -0.05) is 0 Å². The van der Waals surface area contributed by atoms with Gasteiger partial charge in [-0.25, -0.2) is 13.4 Å². The average molecular weight is 282 g/mol. The second-order valence-electron chi connectivity index (χ2n) is 5.08. The van der Waals surface area contributed by atoms with Crippen LogP contribution < -0.4 is 10.6 Å². The number of rotatable bonds is 3. The molecule has 0 atom stereocenters. The smallest absolute Gasteiger partial charge is 0.217 e. The first-order chi connectivity index (χ1) is 9.07. The average Bonchev–Trinajstić information content (AvgIpc) is 3.24. The Kier molecular flexibility index (Phi) is 3.10. The standard InChI is InChI=1S/C12H18N4O2S/c13-10-1-4-12(14-9-10)15-5-7-16(8-6-15)19(17,18)11-2-3-11/h1,4,9,11H,2-3,5-8,13H2. The largest absolute Gasteiger partial charge is 0.397 e. The fourth-order valence-electron chi connectivity index (χ4n) is 2.33. The van der Waals surface area contributed by atoms with Crippen molar-refractivity contribution in [3.8, 4) is 0 Å². The van der Waals surface area contributed by atoms with Crippen molar-refractivity contribution in [3.05, 3.63) is 18.3 Å². The Morgan fingerprint density at radius 2 is 1.84 bits per heavy atom. The molecule has 0 unspecified atom stereocenters. The van der Waals surface area contributed by atoms with E-state index in [-0.39, 0.29) is 5.25 Å². The van der Waals surface area contributed by atoms with E-state index < -0.39 is 10.0 Å². The molecule has 6 nitrogen and oxygen atoms in total. The molecule has 2 fully saturated rings. The highest BCUT2D eigenvalue weighted by molar-refractivity contribution is 7.90. The fraction of sp³-hybridized carbons (Fsp3) is 0.583. The van der Waals surface area contributed by atoms with Crippen LogP contribution in [0.2, 0.25) is 0 Å². The van der Waals surface area contributed by atoms with E-state index in [9.17, 15) is 8.42 Å². The van der Waals surface area contributed by atoms with Crippen molar-refractivity contribution >= 4 is 21.5 Å². The summed E-state index contributed by atoms with van der Waals surface area (Å²) < 4.78 is 25.8. The Bertz CT molecular complexity index is 546. The Labute approximate surface area is 113 Å². The fourth-order valence-corrected chi connectivity index (χ4v) is 4.16. The van der Waals surface area contributed by atoms with Gasteiger partial charge in [0.15, 0.2) is 0 Å². The maximum atomic E-state index is 12.1. The summed E-state index contributed by atoms with van der Waals surface area (Å²) in [5, 5.41) is -0.117. The molecule has 0 aromatic carbocycles. The van der Waals surface area contributed by atoms with Crippen molar-refractivity contribution in [1.29, 1.82) is 0 Å². The van der Waals surface area contributed by atoms with E-state index in [1.165, 1.54) is 0 Å². The number of hydrogen-bond donors (Lipinski definition) is 1. The van der Waals surface area contributed by atoms with Crippen LogP contribution >= 0.6 is 0 Å². The second-order valence-corrected chi connectivity index (χ2v) is 7.29. The number of aromatic nitrogens is 1. The SMILES string of the molecule is Nc1ccc(N2CCN(S(=O)(=O)C3CC3)CC2)nc1. The minimum Gasteiger partial charge on any atom is -0.397 e. The first-order valence-corrected chi connectivity index (χ1v) is 8.03. The van der Waals surface area contributed by atoms with Gasteiger partial charge in [0.25, 0.3) is 0 Å². The lowest BCUT2D eigenvalue weighted by Gasteiger charge is -2.34. The Hall–Kier alpha value is -1.34. The lowest BCUT2D eigenvalue weighted by molar-refractivity contribution is 0.383. The minimum absolute atomic E-state index is 0.117. The Morgan fingerprint density at radius 1 is 1.16 bits per heavy atom. The number of nitrogen functional groups attached to an aromatic ring is 1. The molecule has 1 aliphatic carbocycles. The number of nitrogens with two attached hydrogens (primary N) is 1. The number of sulfonamides is 1. The summed E-state index contributed by atoms with van der Waals surface area (Å²) in [7, 11) is -3.03. The number of pyridine rings is 1. The van der Waals surface area contributed by atoms with E-state index in [0.29, 0.717) is 31.9 Å². The molecule has 2 N–H and O–H groups in total. The zero-order valence-electron chi connectivity index (χ0n) is 10.7. The molecule has 0 radical (unpaired) electrons. The lowest BCUT2D eigenvalue weighted by Crippen LogP contribution is -2.49. The number of hydrogen-bond acceptors (Lipinski definition) is 5. The van der Waals surface area contributed by atoms with Crippen molar-refractivity contribution in [1.82, 2.24) is 9.29 Å². The molecule has 19 heavy (non-hydrogen) atoms. The van der Waals surface area contributed by atoms with Gasteiger partial charge in [0.2, 0.25) is 10.0 Å². The summed E-state index contributed by atoms with van der Waals surface area (Å²) in [6, 6.07) is 3.69. The van der Waals surface area contributed by atoms with Crippen molar-refractivity contribution < 1.29 is 8.42 Å². The zero-order chi connectivity index (χ0) is 13.5. The first kappa shape index (κ1) is 12.7. The third-order valence-corrected chi connectivity index (χ3v) is 6.04. The first-order valence-electron chi connectivity index (χ1n) is 6.53. The van der Waals surface area contributed by atoms with Gasteiger partial charge in [-0.3, -0.25) is 0 Å². The number of anilines is 2. The molecular weight excluding hydrogens is 264 g/mol. The van der Waals surface area contributed by atoms with E-state index in [1.54, 1.807) is 10.5 Å². The van der Waals surface area contributed by atoms with Crippen LogP contribution in [0.15, 0.2) is 18.3 Å². The molecule has 1 aromatic heterocycles. The molecule has 0 spiro atoms. The molecule has 0 bridgehead atoms. The van der Waals surface area contributed by atoms with E-state index >= 15 is 0 Å². The van der Waals surface area contributed by atoms with Crippen molar-refractivity contribution in [2.45, 2.75) is 18.1 Å². The highest BCUT2D eigenvalue weighted by Crippen LogP contribution is 2.31. The summed E-state index contributed by atoms with van der Waals surface area (Å²) in [4.78, 5) is 6.37. The summed E-state index contributed by atoms with van der Waals surface area (Å²) in [6.07, 6.45) is 3.27. The van der Waals surface area contributed by atoms with Crippen LogP contribution in [0, 0.1) is 0 Å². The quantitative estimate of drug-likeness (QED) is 0.861. The number of nitrogens with zero attached hydrogens (tertiary/aromatic N) is 3. The third kappa shape index (κ3) is 2.52. The van der Waals surface area contributed by atoms with Crippen molar-refractivity contribution in [3.63, 3.8) is 0 Å². The summed E-state index contributed by atoms with van der Waals surface area (Å²) >= 11 is 0. The number of piperazine rings is 1. The normalized spacial score (nSPS) is 21.6. The maximum Gasteiger partial charge on any atom is 0.217 e. The van der Waals surface area contributed by atoms with E-state index in [0.717, 1.165) is 18.7 Å². The van der Waals surface area contributed by atoms with Crippen LogP contribution in [-0.4, -0.2) is 49.1 Å². The minimum atomic E-state index is -3.03. The van der Waals surface area contributed by atoms with E-state index in [1.807, 2.05) is 12.1 Å². The summed E-state index contributed by atoms with van der Waals surface area (Å²) in [5.41, 5.74) is 6.24. The van der Waals surface area contributed by atoms with Gasteiger partial charge >= 0.3 is 0 Å². The highest BCUT2D eigenvalue weighted by Gasteiger charge is 2.40. The predicted molar refractivity (Wildman–Crippen MR) is 74.4 cm³/mol. The van der Waals surface area contributed by atoms with Gasteiger partial charge in [0.05, 0.1) is 17.1 Å². The van der Waals surface area contributed by atoms with Gasteiger partial charge < -0.3 is 10.6 Å². The molecule has 0 amide bonds. The predicted octanol–water partition coefficient (Wildman–Crippen LogP) is 0.278. The van der Waals surface area contributed by atoms with Gasteiger partial charge in [-0.15, -0.1) is 0 Å². The molecule has 2 aliphatic rings. The van der Waals surface area contributed by atoms with Crippen LogP contribution in [0.4, 0.5) is 11.5 Å². The van der Waals surface area contributed by atoms with Gasteiger partial charge in [0, 0.05) is 26.2 Å². The van der Waals surface area contributed by atoms with Crippen LogP contribution in [0.5, 0.6) is 0 Å². The summed E-state index contributed by atoms with van der Waals surface area (Å²) in [6.45, 7) is 2.46. The van der Waals surface area contributed by atoms with Gasteiger partial charge in [-0.2, -0.15) is 4.31 Å². The Morgan fingerprint density at radius 3 is 2.37 bits per heavy atom. The molecule has 1 saturated heterocycles. The van der Waals surface area contributed by atoms with Crippen LogP contribution in [0.3, 0.4) is 0 Å². The van der Waals surface area contributed by atoms with Crippen molar-refractivity contribution in [2.24, 2.45) is 0 Å². The molecule has 1 saturated carbocycles. The zero-order valence-corrected chi connectivity index (χ0v) is 11.5. The monoisotopic (exact) mass is 282 g/mol. The van der Waals surface area contributed by atoms with Gasteiger partial charge in [-0.05, 0) is 25.0 Å². The van der Waals surface area contributed by atoms with Crippen LogP contribution in [0.25, 0.3) is 0 Å². The van der Waals surface area contributed by atoms with E-state index in [4.69, 9.17) is 5.73 Å². The topological polar surface area (TPSA) is 79.5 Å². The molecular formula is C12H18N4O2S. The molecule has 7 heteroatoms.